The minimum Gasteiger partial charge on any atom is -0.308 e. The Morgan fingerprint density at radius 3 is 2.00 bits per heavy atom. The van der Waals surface area contributed by atoms with Crippen LogP contribution in [0.1, 0.15) is 26.7 Å². The summed E-state index contributed by atoms with van der Waals surface area (Å²) in [5, 5.41) is 8.42. The maximum atomic E-state index is 11.7. The van der Waals surface area contributed by atoms with Gasteiger partial charge in [-0.05, 0) is 12.8 Å². The minimum absolute atomic E-state index is 0.160. The summed E-state index contributed by atoms with van der Waals surface area (Å²) >= 11 is 0. The minimum atomic E-state index is -3.11. The highest BCUT2D eigenvalue weighted by Gasteiger charge is 2.23. The molecule has 0 aliphatic rings. The van der Waals surface area contributed by atoms with Gasteiger partial charge in [-0.1, -0.05) is 13.8 Å². The zero-order valence-electron chi connectivity index (χ0n) is 8.15. The lowest BCUT2D eigenvalue weighted by molar-refractivity contribution is 0.207. The van der Waals surface area contributed by atoms with Crippen LogP contribution in [-0.2, 0) is 13.6 Å². The molecular formula is C8H16NO3P. The lowest BCUT2D eigenvalue weighted by Crippen LogP contribution is -2.00. The molecule has 0 fully saturated rings. The fourth-order valence-corrected chi connectivity index (χ4v) is 2.03. The first-order valence-electron chi connectivity index (χ1n) is 4.43. The SMILES string of the molecule is CCCOP(=O)(CC#N)OCCC. The average Bonchev–Trinajstić information content (AvgIpc) is 2.12. The Bertz CT molecular complexity index is 200. The molecule has 0 atom stereocenters. The van der Waals surface area contributed by atoms with Gasteiger partial charge < -0.3 is 9.05 Å². The molecule has 0 saturated heterocycles. The summed E-state index contributed by atoms with van der Waals surface area (Å²) in [7, 11) is -3.11. The van der Waals surface area contributed by atoms with Crippen molar-refractivity contribution >= 4 is 7.60 Å². The van der Waals surface area contributed by atoms with Gasteiger partial charge in [-0.2, -0.15) is 5.26 Å². The van der Waals surface area contributed by atoms with Crippen LogP contribution in [-0.4, -0.2) is 19.4 Å². The van der Waals surface area contributed by atoms with Crippen LogP contribution in [0.5, 0.6) is 0 Å². The summed E-state index contributed by atoms with van der Waals surface area (Å²) in [6.45, 7) is 4.58. The maximum Gasteiger partial charge on any atom is 0.344 e. The van der Waals surface area contributed by atoms with Gasteiger partial charge in [-0.15, -0.1) is 0 Å². The fourth-order valence-electron chi connectivity index (χ4n) is 0.676. The van der Waals surface area contributed by atoms with Crippen LogP contribution >= 0.6 is 7.60 Å². The summed E-state index contributed by atoms with van der Waals surface area (Å²) in [6.07, 6.45) is 1.38. The van der Waals surface area contributed by atoms with E-state index < -0.39 is 7.60 Å². The molecule has 0 radical (unpaired) electrons. The van der Waals surface area contributed by atoms with Crippen LogP contribution in [0.25, 0.3) is 0 Å². The normalized spacial score (nSPS) is 11.2. The van der Waals surface area contributed by atoms with Gasteiger partial charge in [0.1, 0.15) is 6.16 Å². The van der Waals surface area contributed by atoms with Crippen LogP contribution in [0.15, 0.2) is 0 Å². The number of hydrogen-bond donors (Lipinski definition) is 0. The highest BCUT2D eigenvalue weighted by Crippen LogP contribution is 2.47. The Labute approximate surface area is 79.4 Å². The van der Waals surface area contributed by atoms with Gasteiger partial charge in [0.25, 0.3) is 0 Å². The highest BCUT2D eigenvalue weighted by molar-refractivity contribution is 7.54. The maximum absolute atomic E-state index is 11.7. The molecule has 0 bridgehead atoms. The molecule has 0 aromatic carbocycles. The van der Waals surface area contributed by atoms with E-state index in [1.54, 1.807) is 0 Å². The van der Waals surface area contributed by atoms with Crippen molar-refractivity contribution in [2.24, 2.45) is 0 Å². The first kappa shape index (κ1) is 12.6. The molecule has 0 aromatic heterocycles. The predicted molar refractivity (Wildman–Crippen MR) is 50.6 cm³/mol. The van der Waals surface area contributed by atoms with E-state index in [0.717, 1.165) is 12.8 Å². The second-order valence-electron chi connectivity index (χ2n) is 2.59. The summed E-state index contributed by atoms with van der Waals surface area (Å²) < 4.78 is 21.7. The molecule has 0 amide bonds. The van der Waals surface area contributed by atoms with Gasteiger partial charge >= 0.3 is 7.60 Å². The van der Waals surface area contributed by atoms with Crippen LogP contribution in [0, 0.1) is 11.3 Å². The van der Waals surface area contributed by atoms with Crippen molar-refractivity contribution < 1.29 is 13.6 Å². The van der Waals surface area contributed by atoms with Crippen molar-refractivity contribution in [2.45, 2.75) is 26.7 Å². The second-order valence-corrected chi connectivity index (χ2v) is 4.65. The molecule has 0 aromatic rings. The van der Waals surface area contributed by atoms with E-state index in [0.29, 0.717) is 13.2 Å². The summed E-state index contributed by atoms with van der Waals surface area (Å²) in [5.74, 6) is 0. The van der Waals surface area contributed by atoms with Crippen molar-refractivity contribution in [3.8, 4) is 6.07 Å². The van der Waals surface area contributed by atoms with Crippen molar-refractivity contribution in [1.82, 2.24) is 0 Å². The Morgan fingerprint density at radius 1 is 1.23 bits per heavy atom. The molecule has 0 saturated carbocycles. The highest BCUT2D eigenvalue weighted by atomic mass is 31.2. The Hall–Kier alpha value is -0.360. The number of nitrogens with zero attached hydrogens (tertiary/aromatic N) is 1. The van der Waals surface area contributed by atoms with Gasteiger partial charge in [0, 0.05) is 0 Å². The molecular weight excluding hydrogens is 189 g/mol. The van der Waals surface area contributed by atoms with Gasteiger partial charge in [0.2, 0.25) is 0 Å². The van der Waals surface area contributed by atoms with Crippen LogP contribution in [0.4, 0.5) is 0 Å². The molecule has 13 heavy (non-hydrogen) atoms. The van der Waals surface area contributed by atoms with Gasteiger partial charge in [-0.25, -0.2) is 0 Å². The second kappa shape index (κ2) is 7.08. The standard InChI is InChI=1S/C8H16NO3P/c1-3-6-11-13(10,8-5-9)12-7-4-2/h3-4,6-8H2,1-2H3. The van der Waals surface area contributed by atoms with E-state index in [1.807, 2.05) is 19.9 Å². The van der Waals surface area contributed by atoms with E-state index in [2.05, 4.69) is 0 Å². The average molecular weight is 205 g/mol. The largest absolute Gasteiger partial charge is 0.344 e. The molecule has 0 unspecified atom stereocenters. The molecule has 5 heteroatoms. The van der Waals surface area contributed by atoms with Gasteiger partial charge in [0.05, 0.1) is 19.3 Å². The predicted octanol–water partition coefficient (Wildman–Crippen LogP) is 2.56. The molecule has 0 N–H and O–H groups in total. The Kier molecular flexibility index (Phi) is 6.89. The molecule has 4 nitrogen and oxygen atoms in total. The molecule has 0 aliphatic heterocycles. The van der Waals surface area contributed by atoms with Crippen molar-refractivity contribution in [3.63, 3.8) is 0 Å². The van der Waals surface area contributed by atoms with Crippen molar-refractivity contribution in [1.29, 1.82) is 5.26 Å². The molecule has 0 spiro atoms. The molecule has 76 valence electrons. The molecule has 0 rings (SSSR count). The number of nitriles is 1. The van der Waals surface area contributed by atoms with E-state index in [1.165, 1.54) is 0 Å². The quantitative estimate of drug-likeness (QED) is 0.599. The lowest BCUT2D eigenvalue weighted by Gasteiger charge is -2.14. The van der Waals surface area contributed by atoms with E-state index in [9.17, 15) is 4.57 Å². The number of rotatable bonds is 7. The van der Waals surface area contributed by atoms with Crippen LogP contribution < -0.4 is 0 Å². The van der Waals surface area contributed by atoms with E-state index in [4.69, 9.17) is 14.3 Å². The summed E-state index contributed by atoms with van der Waals surface area (Å²) in [6, 6.07) is 1.81. The topological polar surface area (TPSA) is 59.3 Å². The van der Waals surface area contributed by atoms with Gasteiger partial charge in [0.15, 0.2) is 0 Å². The van der Waals surface area contributed by atoms with Crippen LogP contribution in [0.3, 0.4) is 0 Å². The lowest BCUT2D eigenvalue weighted by atomic mass is 10.5. The smallest absolute Gasteiger partial charge is 0.308 e. The zero-order chi connectivity index (χ0) is 10.2. The number of hydrogen-bond acceptors (Lipinski definition) is 4. The first-order chi connectivity index (χ1) is 6.18. The monoisotopic (exact) mass is 205 g/mol. The molecule has 0 heterocycles. The third-order valence-electron chi connectivity index (χ3n) is 1.25. The summed E-state index contributed by atoms with van der Waals surface area (Å²) in [5.41, 5.74) is 0. The van der Waals surface area contributed by atoms with E-state index in [-0.39, 0.29) is 6.16 Å². The fraction of sp³-hybridized carbons (Fsp3) is 0.875. The zero-order valence-corrected chi connectivity index (χ0v) is 9.05. The third-order valence-corrected chi connectivity index (χ3v) is 2.93. The van der Waals surface area contributed by atoms with Crippen molar-refractivity contribution in [3.05, 3.63) is 0 Å². The summed E-state index contributed by atoms with van der Waals surface area (Å²) in [4.78, 5) is 0. The van der Waals surface area contributed by atoms with Crippen LogP contribution in [0.2, 0.25) is 0 Å². The Balaban J connectivity index is 4.02. The third kappa shape index (κ3) is 5.81. The Morgan fingerprint density at radius 2 is 1.69 bits per heavy atom. The van der Waals surface area contributed by atoms with E-state index >= 15 is 0 Å². The van der Waals surface area contributed by atoms with Crippen molar-refractivity contribution in [2.75, 3.05) is 19.4 Å². The van der Waals surface area contributed by atoms with Gasteiger partial charge in [-0.3, -0.25) is 4.57 Å². The first-order valence-corrected chi connectivity index (χ1v) is 6.16. The molecule has 0 aliphatic carbocycles.